The van der Waals surface area contributed by atoms with Crippen LogP contribution < -0.4 is 4.72 Å². The largest absolute Gasteiger partial charge is 0.469 e. The van der Waals surface area contributed by atoms with E-state index in [4.69, 9.17) is 4.74 Å². The smallest absolute Gasteiger partial charge is 0.308 e. The molecule has 0 spiro atoms. The third-order valence-electron chi connectivity index (χ3n) is 3.39. The summed E-state index contributed by atoms with van der Waals surface area (Å²) >= 11 is 0. The Hall–Kier alpha value is -1.45. The lowest BCUT2D eigenvalue weighted by Crippen LogP contribution is -2.49. The fourth-order valence-corrected chi connectivity index (χ4v) is 3.30. The lowest BCUT2D eigenvalue weighted by Gasteiger charge is -2.29. The van der Waals surface area contributed by atoms with Crippen LogP contribution in [0.4, 0.5) is 0 Å². The van der Waals surface area contributed by atoms with E-state index in [1.807, 2.05) is 4.72 Å². The van der Waals surface area contributed by atoms with Gasteiger partial charge in [0.2, 0.25) is 0 Å². The molecule has 1 aliphatic heterocycles. The Morgan fingerprint density at radius 1 is 1.41 bits per heavy atom. The molecule has 126 valence electrons. The van der Waals surface area contributed by atoms with Crippen LogP contribution in [0.1, 0.15) is 19.8 Å². The van der Waals surface area contributed by atoms with Crippen molar-refractivity contribution >= 4 is 22.1 Å². The fraction of sp³-hybridized carbons (Fsp3) is 0.692. The van der Waals surface area contributed by atoms with Gasteiger partial charge in [0.15, 0.2) is 0 Å². The molecule has 0 aromatic carbocycles. The number of methoxy groups -OCH3 is 1. The number of esters is 1. The van der Waals surface area contributed by atoms with Gasteiger partial charge in [-0.1, -0.05) is 6.08 Å². The summed E-state index contributed by atoms with van der Waals surface area (Å²) in [5.41, 5.74) is 0. The van der Waals surface area contributed by atoms with Crippen molar-refractivity contribution in [2.24, 2.45) is 5.92 Å². The number of carbonyl (C=O) groups is 2. The molecule has 1 saturated heterocycles. The molecule has 1 N–H and O–H groups in total. The van der Waals surface area contributed by atoms with Crippen molar-refractivity contribution in [1.29, 1.82) is 0 Å². The zero-order chi connectivity index (χ0) is 16.8. The zero-order valence-electron chi connectivity index (χ0n) is 12.8. The molecule has 1 fully saturated rings. The van der Waals surface area contributed by atoms with Crippen LogP contribution in [0, 0.1) is 5.92 Å². The van der Waals surface area contributed by atoms with Crippen molar-refractivity contribution < 1.29 is 27.5 Å². The second-order valence-corrected chi connectivity index (χ2v) is 6.60. The van der Waals surface area contributed by atoms with Crippen molar-refractivity contribution in [3.8, 4) is 0 Å². The fourth-order valence-electron chi connectivity index (χ4n) is 2.06. The molecular formula is C13H22N2O6S. The standard InChI is InChI=1S/C13H22N2O6S/c1-4-9-21-10(2)12(16)14-22(18,19)15-7-5-11(6-8-15)13(17)20-3/h4,10-11H,1,5-9H2,2-3H3,(H,14,16)/t10-/m1/s1. The Morgan fingerprint density at radius 2 is 2.00 bits per heavy atom. The summed E-state index contributed by atoms with van der Waals surface area (Å²) in [6.45, 7) is 5.37. The Balaban J connectivity index is 2.55. The van der Waals surface area contributed by atoms with Gasteiger partial charge in [-0.25, -0.2) is 4.72 Å². The molecule has 22 heavy (non-hydrogen) atoms. The Morgan fingerprint density at radius 3 is 2.50 bits per heavy atom. The number of hydrogen-bond acceptors (Lipinski definition) is 6. The topological polar surface area (TPSA) is 102 Å². The first kappa shape index (κ1) is 18.6. The summed E-state index contributed by atoms with van der Waals surface area (Å²) in [5.74, 6) is -1.38. The lowest BCUT2D eigenvalue weighted by atomic mass is 9.99. The minimum absolute atomic E-state index is 0.152. The number of nitrogens with one attached hydrogen (secondary N) is 1. The number of nitrogens with zero attached hydrogens (tertiary/aromatic N) is 1. The van der Waals surface area contributed by atoms with Crippen LogP contribution in [0.5, 0.6) is 0 Å². The second-order valence-electron chi connectivity index (χ2n) is 4.93. The van der Waals surface area contributed by atoms with Crippen LogP contribution in [-0.2, 0) is 29.3 Å². The van der Waals surface area contributed by atoms with Crippen molar-refractivity contribution in [3.63, 3.8) is 0 Å². The molecule has 0 saturated carbocycles. The second kappa shape index (κ2) is 8.25. The summed E-state index contributed by atoms with van der Waals surface area (Å²) in [7, 11) is -2.63. The van der Waals surface area contributed by atoms with Crippen LogP contribution in [0.15, 0.2) is 12.7 Å². The van der Waals surface area contributed by atoms with Gasteiger partial charge < -0.3 is 9.47 Å². The highest BCUT2D eigenvalue weighted by atomic mass is 32.2. The van der Waals surface area contributed by atoms with E-state index in [0.717, 1.165) is 4.31 Å². The Kier molecular flexibility index (Phi) is 6.98. The number of piperidine rings is 1. The molecule has 0 unspecified atom stereocenters. The maximum absolute atomic E-state index is 12.1. The van der Waals surface area contributed by atoms with Gasteiger partial charge in [-0.15, -0.1) is 6.58 Å². The number of ether oxygens (including phenoxy) is 2. The molecule has 0 aliphatic carbocycles. The summed E-state index contributed by atoms with van der Waals surface area (Å²) < 4.78 is 37.1. The average molecular weight is 334 g/mol. The van der Waals surface area contributed by atoms with E-state index in [0.29, 0.717) is 12.8 Å². The predicted octanol–water partition coefficient (Wildman–Crippen LogP) is -0.176. The highest BCUT2D eigenvalue weighted by Gasteiger charge is 2.33. The monoisotopic (exact) mass is 334 g/mol. The predicted molar refractivity (Wildman–Crippen MR) is 79.0 cm³/mol. The summed E-state index contributed by atoms with van der Waals surface area (Å²) in [4.78, 5) is 23.2. The minimum Gasteiger partial charge on any atom is -0.469 e. The molecule has 0 radical (unpaired) electrons. The number of carbonyl (C=O) groups excluding carboxylic acids is 2. The van der Waals surface area contributed by atoms with E-state index >= 15 is 0 Å². The van der Waals surface area contributed by atoms with Gasteiger partial charge in [0.05, 0.1) is 19.6 Å². The van der Waals surface area contributed by atoms with Crippen molar-refractivity contribution in [1.82, 2.24) is 9.03 Å². The van der Waals surface area contributed by atoms with Gasteiger partial charge in [-0.2, -0.15) is 12.7 Å². The SMILES string of the molecule is C=CCO[C@H](C)C(=O)NS(=O)(=O)N1CCC(C(=O)OC)CC1. The van der Waals surface area contributed by atoms with E-state index in [-0.39, 0.29) is 31.6 Å². The first-order valence-corrected chi connectivity index (χ1v) is 8.38. The highest BCUT2D eigenvalue weighted by molar-refractivity contribution is 7.87. The molecule has 0 aromatic heterocycles. The number of amides is 1. The third kappa shape index (κ3) is 5.08. The molecule has 1 atom stereocenters. The van der Waals surface area contributed by atoms with Crippen molar-refractivity contribution in [3.05, 3.63) is 12.7 Å². The molecular weight excluding hydrogens is 312 g/mol. The number of rotatable bonds is 7. The highest BCUT2D eigenvalue weighted by Crippen LogP contribution is 2.20. The maximum atomic E-state index is 12.1. The lowest BCUT2D eigenvalue weighted by molar-refractivity contribution is -0.146. The van der Waals surface area contributed by atoms with Crippen LogP contribution in [-0.4, -0.2) is 57.5 Å². The van der Waals surface area contributed by atoms with Gasteiger partial charge in [0.25, 0.3) is 5.91 Å². The zero-order valence-corrected chi connectivity index (χ0v) is 13.6. The van der Waals surface area contributed by atoms with E-state index < -0.39 is 22.2 Å². The quantitative estimate of drug-likeness (QED) is 0.512. The Bertz CT molecular complexity index is 511. The maximum Gasteiger partial charge on any atom is 0.308 e. The van der Waals surface area contributed by atoms with Crippen molar-refractivity contribution in [2.45, 2.75) is 25.9 Å². The van der Waals surface area contributed by atoms with Crippen LogP contribution >= 0.6 is 0 Å². The van der Waals surface area contributed by atoms with Gasteiger partial charge in [0.1, 0.15) is 6.10 Å². The molecule has 0 aromatic rings. The van der Waals surface area contributed by atoms with Gasteiger partial charge in [-0.05, 0) is 19.8 Å². The van der Waals surface area contributed by atoms with Crippen LogP contribution in [0.3, 0.4) is 0 Å². The van der Waals surface area contributed by atoms with Crippen LogP contribution in [0.25, 0.3) is 0 Å². The van der Waals surface area contributed by atoms with Gasteiger partial charge in [-0.3, -0.25) is 9.59 Å². The molecule has 0 bridgehead atoms. The number of hydrogen-bond donors (Lipinski definition) is 1. The molecule has 8 nitrogen and oxygen atoms in total. The first-order valence-electron chi connectivity index (χ1n) is 6.94. The molecule has 9 heteroatoms. The van der Waals surface area contributed by atoms with Gasteiger partial charge in [0, 0.05) is 13.1 Å². The molecule has 1 heterocycles. The van der Waals surface area contributed by atoms with Crippen molar-refractivity contribution in [2.75, 3.05) is 26.8 Å². The average Bonchev–Trinajstić information content (AvgIpc) is 2.51. The summed E-state index contributed by atoms with van der Waals surface area (Å²) in [5, 5.41) is 0. The van der Waals surface area contributed by atoms with E-state index in [1.54, 1.807) is 0 Å². The molecule has 1 rings (SSSR count). The molecule has 1 aliphatic rings. The Labute approximate surface area is 130 Å². The summed E-state index contributed by atoms with van der Waals surface area (Å²) in [6, 6.07) is 0. The first-order chi connectivity index (χ1) is 10.3. The van der Waals surface area contributed by atoms with Gasteiger partial charge >= 0.3 is 16.2 Å². The van der Waals surface area contributed by atoms with E-state index in [2.05, 4.69) is 11.3 Å². The normalized spacial score (nSPS) is 18.5. The minimum atomic E-state index is -3.93. The third-order valence-corrected chi connectivity index (χ3v) is 4.90. The van der Waals surface area contributed by atoms with Crippen LogP contribution in [0.2, 0.25) is 0 Å². The van der Waals surface area contributed by atoms with E-state index in [9.17, 15) is 18.0 Å². The van der Waals surface area contributed by atoms with E-state index in [1.165, 1.54) is 20.1 Å². The summed E-state index contributed by atoms with van der Waals surface area (Å²) in [6.07, 6.45) is 1.30. The molecule has 1 amide bonds.